The quantitative estimate of drug-likeness (QED) is 0.288. The summed E-state index contributed by atoms with van der Waals surface area (Å²) in [5.74, 6) is 1.11. The van der Waals surface area contributed by atoms with E-state index in [0.717, 1.165) is 54.3 Å². The molecule has 2 heterocycles. The van der Waals surface area contributed by atoms with E-state index in [1.54, 1.807) is 6.07 Å². The Kier molecular flexibility index (Phi) is 6.34. The lowest BCUT2D eigenvalue weighted by atomic mass is 9.92. The van der Waals surface area contributed by atoms with Crippen molar-refractivity contribution in [2.24, 2.45) is 5.92 Å². The summed E-state index contributed by atoms with van der Waals surface area (Å²) in [4.78, 5) is 20.5. The van der Waals surface area contributed by atoms with Crippen LogP contribution in [0.5, 0.6) is 11.6 Å². The van der Waals surface area contributed by atoms with Crippen LogP contribution in [0, 0.1) is 28.6 Å². The van der Waals surface area contributed by atoms with Gasteiger partial charge in [0, 0.05) is 35.6 Å². The number of amides is 1. The van der Waals surface area contributed by atoms with Gasteiger partial charge in [-0.2, -0.15) is 10.5 Å². The van der Waals surface area contributed by atoms with Gasteiger partial charge in [0.15, 0.2) is 0 Å². The molecule has 1 amide bonds. The number of hydrogen-bond acceptors (Lipinski definition) is 7. The molecule has 1 N–H and O–H groups in total. The molecule has 194 valence electrons. The predicted octanol–water partition coefficient (Wildman–Crippen LogP) is 6.71. The van der Waals surface area contributed by atoms with E-state index in [9.17, 15) is 15.3 Å². The summed E-state index contributed by atoms with van der Waals surface area (Å²) in [6.07, 6.45) is 7.73. The second-order valence-corrected chi connectivity index (χ2v) is 10.0. The molecular weight excluding hydrogens is 492 g/mol. The van der Waals surface area contributed by atoms with Crippen LogP contribution in [0.3, 0.4) is 0 Å². The molecule has 2 saturated carbocycles. The molecule has 0 radical (unpaired) electrons. The van der Waals surface area contributed by atoms with Crippen molar-refractivity contribution in [2.75, 3.05) is 5.32 Å². The Morgan fingerprint density at radius 3 is 2.49 bits per heavy atom. The third kappa shape index (κ3) is 4.75. The van der Waals surface area contributed by atoms with Gasteiger partial charge in [-0.3, -0.25) is 5.32 Å². The summed E-state index contributed by atoms with van der Waals surface area (Å²) < 4.78 is 13.6. The summed E-state index contributed by atoms with van der Waals surface area (Å²) in [6, 6.07) is 17.7. The molecule has 4 aromatic rings. The lowest BCUT2D eigenvalue weighted by Gasteiger charge is -2.30. The van der Waals surface area contributed by atoms with Crippen molar-refractivity contribution in [1.82, 2.24) is 14.5 Å². The van der Waals surface area contributed by atoms with Gasteiger partial charge in [-0.25, -0.2) is 14.8 Å². The Morgan fingerprint density at radius 1 is 1.05 bits per heavy atom. The fourth-order valence-electron chi connectivity index (χ4n) is 5.05. The normalized spacial score (nSPS) is 15.6. The Morgan fingerprint density at radius 2 is 1.82 bits per heavy atom. The molecule has 0 spiro atoms. The van der Waals surface area contributed by atoms with Crippen LogP contribution in [-0.2, 0) is 4.74 Å². The van der Waals surface area contributed by atoms with Crippen molar-refractivity contribution < 1.29 is 14.3 Å². The Hall–Kier alpha value is -4.89. The van der Waals surface area contributed by atoms with E-state index in [2.05, 4.69) is 25.9 Å². The van der Waals surface area contributed by atoms with Crippen molar-refractivity contribution in [3.05, 3.63) is 66.1 Å². The molecule has 9 nitrogen and oxygen atoms in total. The zero-order valence-corrected chi connectivity index (χ0v) is 21.4. The number of nitrogens with zero attached hydrogens (tertiary/aromatic N) is 5. The van der Waals surface area contributed by atoms with Crippen LogP contribution >= 0.6 is 0 Å². The number of hydrogen-bond donors (Lipinski definition) is 1. The molecule has 0 bridgehead atoms. The van der Waals surface area contributed by atoms with E-state index in [-0.39, 0.29) is 23.7 Å². The van der Waals surface area contributed by atoms with Crippen LogP contribution in [0.25, 0.3) is 22.2 Å². The van der Waals surface area contributed by atoms with Crippen LogP contribution in [0.15, 0.2) is 54.9 Å². The van der Waals surface area contributed by atoms with Crippen molar-refractivity contribution in [3.8, 4) is 35.0 Å². The smallest absolute Gasteiger partial charge is 0.411 e. The van der Waals surface area contributed by atoms with Crippen LogP contribution in [0.1, 0.15) is 56.3 Å². The highest BCUT2D eigenvalue weighted by atomic mass is 16.6. The summed E-state index contributed by atoms with van der Waals surface area (Å²) in [6.45, 7) is 1.93. The average Bonchev–Trinajstić information content (AvgIpc) is 3.72. The van der Waals surface area contributed by atoms with Gasteiger partial charge in [-0.15, -0.1) is 0 Å². The Labute approximate surface area is 225 Å². The van der Waals surface area contributed by atoms with Gasteiger partial charge in [-0.05, 0) is 74.8 Å². The first-order valence-corrected chi connectivity index (χ1v) is 13.1. The fraction of sp³-hybridized carbons (Fsp3) is 0.300. The third-order valence-electron chi connectivity index (χ3n) is 7.50. The van der Waals surface area contributed by atoms with Crippen molar-refractivity contribution in [2.45, 2.75) is 51.2 Å². The number of benzene rings is 2. The maximum absolute atomic E-state index is 12.3. The van der Waals surface area contributed by atoms with Crippen molar-refractivity contribution in [3.63, 3.8) is 0 Å². The molecule has 0 saturated heterocycles. The molecule has 6 rings (SSSR count). The monoisotopic (exact) mass is 518 g/mol. The van der Waals surface area contributed by atoms with Gasteiger partial charge in [0.05, 0.1) is 16.8 Å². The van der Waals surface area contributed by atoms with Crippen LogP contribution in [0.4, 0.5) is 10.5 Å². The van der Waals surface area contributed by atoms with E-state index in [0.29, 0.717) is 22.9 Å². The van der Waals surface area contributed by atoms with Gasteiger partial charge >= 0.3 is 6.09 Å². The highest BCUT2D eigenvalue weighted by Crippen LogP contribution is 2.44. The van der Waals surface area contributed by atoms with Crippen LogP contribution in [0.2, 0.25) is 0 Å². The molecule has 0 unspecified atom stereocenters. The van der Waals surface area contributed by atoms with E-state index in [4.69, 9.17) is 9.47 Å². The minimum absolute atomic E-state index is 0.0880. The number of carbonyl (C=O) groups is 1. The number of aromatic nitrogens is 3. The highest BCUT2D eigenvalue weighted by molar-refractivity contribution is 5.96. The number of ether oxygens (including phenoxy) is 2. The van der Waals surface area contributed by atoms with Gasteiger partial charge < -0.3 is 14.0 Å². The number of nitrogens with one attached hydrogen (secondary N) is 1. The van der Waals surface area contributed by atoms with Crippen molar-refractivity contribution >= 4 is 22.7 Å². The minimum Gasteiger partial charge on any atom is -0.446 e. The van der Waals surface area contributed by atoms with E-state index < -0.39 is 6.09 Å². The van der Waals surface area contributed by atoms with E-state index >= 15 is 0 Å². The predicted molar refractivity (Wildman–Crippen MR) is 144 cm³/mol. The van der Waals surface area contributed by atoms with Gasteiger partial charge in [0.25, 0.3) is 5.88 Å². The topological polar surface area (TPSA) is 126 Å². The van der Waals surface area contributed by atoms with Crippen LogP contribution in [-0.4, -0.2) is 26.7 Å². The maximum Gasteiger partial charge on any atom is 0.411 e. The average molecular weight is 519 g/mol. The maximum atomic E-state index is 12.3. The summed E-state index contributed by atoms with van der Waals surface area (Å²) >= 11 is 0. The standard InChI is InChI=1S/C30H26N6O3/c1-18(19-5-6-19)38-30(37)35-21-9-7-20(8-10-21)28-25(16-31)24-12-11-23(15-27(24)36(28)22-3-2-4-22)39-29-26(17-32)33-13-14-34-29/h7-15,18-19,22H,2-6H2,1H3,(H,35,37)/t18-/m1/s1. The highest BCUT2D eigenvalue weighted by Gasteiger charge is 2.31. The molecule has 39 heavy (non-hydrogen) atoms. The number of nitriles is 2. The third-order valence-corrected chi connectivity index (χ3v) is 7.50. The SMILES string of the molecule is C[C@@H](OC(=O)Nc1ccc(-c2c(C#N)c3ccc(Oc4nccnc4C#N)cc3n2C2CCC2)cc1)C1CC1. The summed E-state index contributed by atoms with van der Waals surface area (Å²) in [7, 11) is 0. The van der Waals surface area contributed by atoms with E-state index in [1.807, 2.05) is 49.4 Å². The molecule has 2 aliphatic carbocycles. The molecule has 2 aromatic carbocycles. The molecule has 0 aliphatic heterocycles. The zero-order chi connectivity index (χ0) is 26.9. The van der Waals surface area contributed by atoms with Gasteiger partial charge in [0.1, 0.15) is 24.0 Å². The summed E-state index contributed by atoms with van der Waals surface area (Å²) in [5.41, 5.74) is 3.91. The fourth-order valence-corrected chi connectivity index (χ4v) is 5.05. The van der Waals surface area contributed by atoms with Crippen LogP contribution < -0.4 is 10.1 Å². The number of anilines is 1. The van der Waals surface area contributed by atoms with E-state index in [1.165, 1.54) is 12.4 Å². The Bertz CT molecular complexity index is 1640. The minimum atomic E-state index is -0.460. The van der Waals surface area contributed by atoms with Crippen molar-refractivity contribution in [1.29, 1.82) is 10.5 Å². The molecule has 1 atom stereocenters. The lowest BCUT2D eigenvalue weighted by Crippen LogP contribution is -2.21. The molecule has 2 aromatic heterocycles. The second kappa shape index (κ2) is 10.1. The molecule has 9 heteroatoms. The van der Waals surface area contributed by atoms with Gasteiger partial charge in [-0.1, -0.05) is 12.1 Å². The Balaban J connectivity index is 1.35. The second-order valence-electron chi connectivity index (χ2n) is 10.0. The first-order valence-electron chi connectivity index (χ1n) is 13.1. The lowest BCUT2D eigenvalue weighted by molar-refractivity contribution is 0.108. The molecule has 2 aliphatic rings. The first-order chi connectivity index (χ1) is 19.1. The summed E-state index contributed by atoms with van der Waals surface area (Å²) in [5, 5.41) is 23.2. The number of rotatable bonds is 7. The first kappa shape index (κ1) is 24.4. The van der Waals surface area contributed by atoms with Gasteiger partial charge in [0.2, 0.25) is 5.69 Å². The largest absolute Gasteiger partial charge is 0.446 e. The number of carbonyl (C=O) groups excluding carboxylic acids is 1. The molecule has 2 fully saturated rings. The zero-order valence-electron chi connectivity index (χ0n) is 21.4. The number of fused-ring (bicyclic) bond motifs is 1. The molecular formula is C30H26N6O3.